The molecule has 0 radical (unpaired) electrons. The summed E-state index contributed by atoms with van der Waals surface area (Å²) < 4.78 is 0.650. The Kier molecular flexibility index (Phi) is 6.43. The summed E-state index contributed by atoms with van der Waals surface area (Å²) in [7, 11) is 0. The number of aromatic nitrogens is 2. The van der Waals surface area contributed by atoms with Gasteiger partial charge in [-0.2, -0.15) is 4.73 Å². The van der Waals surface area contributed by atoms with Crippen LogP contribution in [0.3, 0.4) is 0 Å². The molecule has 0 amide bonds. The lowest BCUT2D eigenvalue weighted by molar-refractivity contribution is -0.603. The van der Waals surface area contributed by atoms with Crippen LogP contribution in [-0.4, -0.2) is 4.98 Å². The summed E-state index contributed by atoms with van der Waals surface area (Å²) in [5.41, 5.74) is 2.49. The Labute approximate surface area is 148 Å². The van der Waals surface area contributed by atoms with E-state index in [-0.39, 0.29) is 16.0 Å². The number of hydrogen-bond acceptors (Lipinski definition) is 2. The van der Waals surface area contributed by atoms with Crippen LogP contribution in [0.4, 0.5) is 0 Å². The van der Waals surface area contributed by atoms with Gasteiger partial charge >= 0.3 is 0 Å². The van der Waals surface area contributed by atoms with E-state index in [1.54, 1.807) is 18.3 Å². The molecule has 0 saturated carbocycles. The maximum atomic E-state index is 10.9. The first-order valence-corrected chi connectivity index (χ1v) is 8.18. The van der Waals surface area contributed by atoms with Gasteiger partial charge in [0.15, 0.2) is 6.20 Å². The topological polar surface area (TPSA) is 39.8 Å². The van der Waals surface area contributed by atoms with Crippen molar-refractivity contribution in [2.45, 2.75) is 52.4 Å². The SMILES string of the molecule is CC(C)(C)c1cc[n+]([O-])c(Cl)c1.CC(C)(C)c1ccnc(Cl)c1. The van der Waals surface area contributed by atoms with Crippen LogP contribution in [0.5, 0.6) is 0 Å². The first kappa shape index (κ1) is 19.7. The smallest absolute Gasteiger partial charge is 0.286 e. The number of pyridine rings is 2. The zero-order chi connectivity index (χ0) is 17.8. The average Bonchev–Trinajstić information content (AvgIpc) is 2.40. The number of nitrogens with zero attached hydrogens (tertiary/aromatic N) is 2. The molecule has 2 aromatic rings. The summed E-state index contributed by atoms with van der Waals surface area (Å²) in [6.07, 6.45) is 3.17. The number of hydrogen-bond donors (Lipinski definition) is 0. The first-order valence-electron chi connectivity index (χ1n) is 7.42. The van der Waals surface area contributed by atoms with Gasteiger partial charge in [0.1, 0.15) is 5.15 Å². The van der Waals surface area contributed by atoms with Crippen LogP contribution < -0.4 is 4.73 Å². The Morgan fingerprint density at radius 2 is 1.43 bits per heavy atom. The molecule has 0 spiro atoms. The molecule has 23 heavy (non-hydrogen) atoms. The Bertz CT molecular complexity index is 659. The molecule has 0 saturated heterocycles. The fourth-order valence-electron chi connectivity index (χ4n) is 1.79. The van der Waals surface area contributed by atoms with E-state index in [0.717, 1.165) is 5.56 Å². The summed E-state index contributed by atoms with van der Waals surface area (Å²) in [4.78, 5) is 3.92. The molecule has 3 nitrogen and oxygen atoms in total. The van der Waals surface area contributed by atoms with E-state index in [2.05, 4.69) is 46.5 Å². The van der Waals surface area contributed by atoms with Crippen molar-refractivity contribution in [3.63, 3.8) is 0 Å². The molecule has 2 aromatic heterocycles. The summed E-state index contributed by atoms with van der Waals surface area (Å²) in [6.45, 7) is 12.7. The standard InChI is InChI=1S/C9H12ClNO.C9H12ClN/c1-9(2,3)7-4-5-11(12)8(10)6-7;1-9(2,3)7-4-5-11-8(10)6-7/h4-6H,1-3H3;4-6H,1-3H3. The molecule has 0 aromatic carbocycles. The quantitative estimate of drug-likeness (QED) is 0.365. The van der Waals surface area contributed by atoms with Gasteiger partial charge in [-0.1, -0.05) is 53.1 Å². The zero-order valence-corrected chi connectivity index (χ0v) is 16.0. The van der Waals surface area contributed by atoms with E-state index in [1.807, 2.05) is 12.1 Å². The van der Waals surface area contributed by atoms with Gasteiger partial charge in [-0.25, -0.2) is 4.98 Å². The third-order valence-corrected chi connectivity index (χ3v) is 3.82. The molecule has 0 aliphatic carbocycles. The van der Waals surface area contributed by atoms with Gasteiger partial charge < -0.3 is 5.21 Å². The maximum Gasteiger partial charge on any atom is 0.286 e. The predicted molar refractivity (Wildman–Crippen MR) is 97.1 cm³/mol. The highest BCUT2D eigenvalue weighted by Crippen LogP contribution is 2.23. The molecule has 0 atom stereocenters. The summed E-state index contributed by atoms with van der Waals surface area (Å²) in [6, 6.07) is 7.39. The van der Waals surface area contributed by atoms with E-state index >= 15 is 0 Å². The Hall–Kier alpha value is -1.32. The predicted octanol–water partition coefficient (Wildman–Crippen LogP) is 5.30. The largest absolute Gasteiger partial charge is 0.618 e. The molecule has 126 valence electrons. The molecule has 2 rings (SSSR count). The number of halogens is 2. The highest BCUT2D eigenvalue weighted by Gasteiger charge is 2.16. The molecule has 0 N–H and O–H groups in total. The Balaban J connectivity index is 0.000000231. The minimum atomic E-state index is 0.0396. The van der Waals surface area contributed by atoms with Gasteiger partial charge in [0.05, 0.1) is 0 Å². The van der Waals surface area contributed by atoms with Crippen molar-refractivity contribution in [2.75, 3.05) is 0 Å². The second-order valence-electron chi connectivity index (χ2n) is 7.43. The zero-order valence-electron chi connectivity index (χ0n) is 14.5. The maximum absolute atomic E-state index is 10.9. The highest BCUT2D eigenvalue weighted by atomic mass is 35.5. The van der Waals surface area contributed by atoms with Crippen LogP contribution in [-0.2, 0) is 10.8 Å². The molecular weight excluding hydrogens is 331 g/mol. The van der Waals surface area contributed by atoms with E-state index in [0.29, 0.717) is 9.88 Å². The van der Waals surface area contributed by atoms with Gasteiger partial charge in [0.2, 0.25) is 0 Å². The fourth-order valence-corrected chi connectivity index (χ4v) is 2.14. The summed E-state index contributed by atoms with van der Waals surface area (Å²) in [5.74, 6) is 0. The molecule has 0 aliphatic heterocycles. The van der Waals surface area contributed by atoms with E-state index in [9.17, 15) is 5.21 Å². The van der Waals surface area contributed by atoms with E-state index in [1.165, 1.54) is 11.8 Å². The van der Waals surface area contributed by atoms with Gasteiger partial charge in [0.25, 0.3) is 5.15 Å². The van der Waals surface area contributed by atoms with Crippen LogP contribution in [0.1, 0.15) is 52.7 Å². The molecule has 0 bridgehead atoms. The van der Waals surface area contributed by atoms with Crippen molar-refractivity contribution < 1.29 is 4.73 Å². The Morgan fingerprint density at radius 3 is 1.83 bits per heavy atom. The molecule has 5 heteroatoms. The molecular formula is C18H24Cl2N2O. The van der Waals surface area contributed by atoms with Crippen LogP contribution in [0, 0.1) is 5.21 Å². The van der Waals surface area contributed by atoms with Crippen molar-refractivity contribution in [2.24, 2.45) is 0 Å². The fraction of sp³-hybridized carbons (Fsp3) is 0.444. The minimum Gasteiger partial charge on any atom is -0.618 e. The average molecular weight is 355 g/mol. The Morgan fingerprint density at radius 1 is 0.913 bits per heavy atom. The van der Waals surface area contributed by atoms with E-state index < -0.39 is 0 Å². The molecule has 0 unspecified atom stereocenters. The number of rotatable bonds is 0. The van der Waals surface area contributed by atoms with Gasteiger partial charge in [-0.15, -0.1) is 0 Å². The van der Waals surface area contributed by atoms with Crippen LogP contribution in [0.2, 0.25) is 10.3 Å². The van der Waals surface area contributed by atoms with Gasteiger partial charge in [-0.3, -0.25) is 0 Å². The highest BCUT2D eigenvalue weighted by molar-refractivity contribution is 6.29. The monoisotopic (exact) mass is 354 g/mol. The lowest BCUT2D eigenvalue weighted by Gasteiger charge is -2.18. The lowest BCUT2D eigenvalue weighted by atomic mass is 9.88. The van der Waals surface area contributed by atoms with E-state index in [4.69, 9.17) is 23.2 Å². The second-order valence-corrected chi connectivity index (χ2v) is 8.21. The van der Waals surface area contributed by atoms with Gasteiger partial charge in [-0.05, 0) is 45.7 Å². The van der Waals surface area contributed by atoms with Gasteiger partial charge in [0, 0.05) is 18.3 Å². The van der Waals surface area contributed by atoms with Crippen LogP contribution in [0.15, 0.2) is 36.7 Å². The normalized spacial score (nSPS) is 11.7. The third-order valence-electron chi connectivity index (χ3n) is 3.33. The van der Waals surface area contributed by atoms with Crippen molar-refractivity contribution in [3.05, 3.63) is 63.3 Å². The van der Waals surface area contributed by atoms with Crippen molar-refractivity contribution >= 4 is 23.2 Å². The molecule has 0 fully saturated rings. The molecule has 2 heterocycles. The summed E-state index contributed by atoms with van der Waals surface area (Å²) >= 11 is 11.4. The van der Waals surface area contributed by atoms with Crippen molar-refractivity contribution in [1.29, 1.82) is 0 Å². The van der Waals surface area contributed by atoms with Crippen molar-refractivity contribution in [3.8, 4) is 0 Å². The second kappa shape index (κ2) is 7.50. The lowest BCUT2D eigenvalue weighted by Crippen LogP contribution is -2.28. The third kappa shape index (κ3) is 6.36. The van der Waals surface area contributed by atoms with Crippen LogP contribution >= 0.6 is 23.2 Å². The molecule has 0 aliphatic rings. The summed E-state index contributed by atoms with van der Waals surface area (Å²) in [5, 5.41) is 11.7. The van der Waals surface area contributed by atoms with Crippen molar-refractivity contribution in [1.82, 2.24) is 4.98 Å². The van der Waals surface area contributed by atoms with Crippen LogP contribution in [0.25, 0.3) is 0 Å². The first-order chi connectivity index (χ1) is 10.4. The minimum absolute atomic E-state index is 0.0396.